The van der Waals surface area contributed by atoms with E-state index in [9.17, 15) is 4.79 Å². The summed E-state index contributed by atoms with van der Waals surface area (Å²) in [5.41, 5.74) is 1.10. The predicted octanol–water partition coefficient (Wildman–Crippen LogP) is 2.55. The van der Waals surface area contributed by atoms with Crippen LogP contribution in [-0.2, 0) is 4.79 Å². The van der Waals surface area contributed by atoms with Gasteiger partial charge in [-0.25, -0.2) is 0 Å². The Morgan fingerprint density at radius 3 is 2.58 bits per heavy atom. The third kappa shape index (κ3) is 3.39. The normalized spacial score (nSPS) is 10.4. The van der Waals surface area contributed by atoms with Crippen molar-refractivity contribution in [1.29, 1.82) is 0 Å². The summed E-state index contributed by atoms with van der Waals surface area (Å²) in [6, 6.07) is 9.85. The molecular weight excluding hydrogens is 168 g/mol. The molecule has 1 aromatic rings. The van der Waals surface area contributed by atoms with Crippen molar-refractivity contribution in [3.05, 3.63) is 42.0 Å². The maximum atomic E-state index is 10.4. The van der Waals surface area contributed by atoms with Gasteiger partial charge in [0.2, 0.25) is 0 Å². The molecule has 12 heavy (non-hydrogen) atoms. The highest BCUT2D eigenvalue weighted by molar-refractivity contribution is 7.96. The number of carbonyl (C=O) groups is 1. The first-order chi connectivity index (χ1) is 5.79. The Kier molecular flexibility index (Phi) is 3.61. The quantitative estimate of drug-likeness (QED) is 0.704. The first-order valence-corrected chi connectivity index (χ1v) is 4.17. The van der Waals surface area contributed by atoms with Gasteiger partial charge < -0.3 is 0 Å². The van der Waals surface area contributed by atoms with Gasteiger partial charge in [0.05, 0.1) is 0 Å². The fraction of sp³-hybridized carbons (Fsp3) is 0.100. The van der Waals surface area contributed by atoms with Crippen LogP contribution in [0.25, 0.3) is 6.08 Å². The van der Waals surface area contributed by atoms with Crippen molar-refractivity contribution in [2.75, 3.05) is 0 Å². The average molecular weight is 178 g/mol. The fourth-order valence-corrected chi connectivity index (χ4v) is 0.965. The van der Waals surface area contributed by atoms with Gasteiger partial charge >= 0.3 is 0 Å². The fourth-order valence-electron chi connectivity index (χ4n) is 0.860. The van der Waals surface area contributed by atoms with Crippen molar-refractivity contribution in [1.82, 2.24) is 0 Å². The molecule has 0 spiro atoms. The van der Waals surface area contributed by atoms with E-state index < -0.39 is 0 Å². The lowest BCUT2D eigenvalue weighted by Gasteiger charge is -1.89. The minimum absolute atomic E-state index is 0.109. The molecular formula is C10H10OS. The Bertz CT molecular complexity index is 277. The van der Waals surface area contributed by atoms with Gasteiger partial charge in [0.1, 0.15) is 0 Å². The minimum atomic E-state index is -0.109. The van der Waals surface area contributed by atoms with Crippen LogP contribution in [0.1, 0.15) is 12.0 Å². The van der Waals surface area contributed by atoms with Crippen LogP contribution in [0.3, 0.4) is 0 Å². The number of allylic oxidation sites excluding steroid dienone is 1. The number of hydrogen-bond acceptors (Lipinski definition) is 1. The minimum Gasteiger partial charge on any atom is -0.287 e. The van der Waals surface area contributed by atoms with Crippen LogP contribution < -0.4 is 0 Å². The highest BCUT2D eigenvalue weighted by Crippen LogP contribution is 2.02. The van der Waals surface area contributed by atoms with E-state index in [1.165, 1.54) is 0 Å². The van der Waals surface area contributed by atoms with Crippen molar-refractivity contribution >= 4 is 23.8 Å². The molecule has 0 N–H and O–H groups in total. The highest BCUT2D eigenvalue weighted by Gasteiger charge is 1.87. The molecule has 0 fully saturated rings. The average Bonchev–Trinajstić information content (AvgIpc) is 2.05. The molecule has 0 heterocycles. The maximum absolute atomic E-state index is 10.4. The number of hydrogen-bond donors (Lipinski definition) is 1. The van der Waals surface area contributed by atoms with Gasteiger partial charge in [0.15, 0.2) is 5.12 Å². The van der Waals surface area contributed by atoms with Crippen molar-refractivity contribution in [2.24, 2.45) is 0 Å². The van der Waals surface area contributed by atoms with Gasteiger partial charge in [-0.3, -0.25) is 4.79 Å². The summed E-state index contributed by atoms with van der Waals surface area (Å²) in [6.07, 6.45) is 4.11. The zero-order valence-corrected chi connectivity index (χ0v) is 7.50. The van der Waals surface area contributed by atoms with E-state index in [0.29, 0.717) is 6.42 Å². The van der Waals surface area contributed by atoms with Crippen LogP contribution in [0.2, 0.25) is 0 Å². The zero-order valence-electron chi connectivity index (χ0n) is 6.60. The molecule has 0 saturated heterocycles. The molecule has 0 aromatic heterocycles. The van der Waals surface area contributed by atoms with Crippen LogP contribution in [0.5, 0.6) is 0 Å². The molecule has 1 nitrogen and oxygen atoms in total. The van der Waals surface area contributed by atoms with E-state index in [4.69, 9.17) is 0 Å². The Morgan fingerprint density at radius 1 is 1.33 bits per heavy atom. The summed E-state index contributed by atoms with van der Waals surface area (Å²) in [6.45, 7) is 0. The summed E-state index contributed by atoms with van der Waals surface area (Å²) in [5.74, 6) is 0. The largest absolute Gasteiger partial charge is 0.287 e. The van der Waals surface area contributed by atoms with E-state index in [-0.39, 0.29) is 5.12 Å². The lowest BCUT2D eigenvalue weighted by Crippen LogP contribution is -1.79. The monoisotopic (exact) mass is 178 g/mol. The van der Waals surface area contributed by atoms with Gasteiger partial charge in [0, 0.05) is 6.42 Å². The molecule has 0 unspecified atom stereocenters. The van der Waals surface area contributed by atoms with Gasteiger partial charge in [-0.2, -0.15) is 0 Å². The molecule has 0 aliphatic carbocycles. The summed E-state index contributed by atoms with van der Waals surface area (Å²) < 4.78 is 0. The van der Waals surface area contributed by atoms with Gasteiger partial charge in [-0.1, -0.05) is 42.5 Å². The lowest BCUT2D eigenvalue weighted by molar-refractivity contribution is -0.110. The number of carbonyl (C=O) groups excluding carboxylic acids is 1. The topological polar surface area (TPSA) is 17.1 Å². The predicted molar refractivity (Wildman–Crippen MR) is 54.1 cm³/mol. The molecule has 0 bridgehead atoms. The molecule has 0 amide bonds. The Balaban J connectivity index is 2.52. The number of rotatable bonds is 3. The molecule has 0 aliphatic heterocycles. The summed E-state index contributed by atoms with van der Waals surface area (Å²) in [5, 5.41) is -0.109. The third-order valence-electron chi connectivity index (χ3n) is 1.40. The zero-order chi connectivity index (χ0) is 8.81. The van der Waals surface area contributed by atoms with Gasteiger partial charge in [-0.15, -0.1) is 12.6 Å². The van der Waals surface area contributed by atoms with Crippen LogP contribution in [0, 0.1) is 0 Å². The van der Waals surface area contributed by atoms with Crippen molar-refractivity contribution in [3.8, 4) is 0 Å². The van der Waals surface area contributed by atoms with Crippen LogP contribution in [0.4, 0.5) is 0 Å². The lowest BCUT2D eigenvalue weighted by atomic mass is 10.2. The van der Waals surface area contributed by atoms with Gasteiger partial charge in [0.25, 0.3) is 0 Å². The van der Waals surface area contributed by atoms with Gasteiger partial charge in [-0.05, 0) is 5.56 Å². The smallest absolute Gasteiger partial charge is 0.189 e. The first-order valence-electron chi connectivity index (χ1n) is 3.72. The Labute approximate surface area is 77.5 Å². The molecule has 0 aliphatic rings. The first kappa shape index (κ1) is 9.07. The van der Waals surface area contributed by atoms with Crippen molar-refractivity contribution < 1.29 is 4.79 Å². The SMILES string of the molecule is O=C(S)C/C=C/c1ccccc1. The molecule has 0 atom stereocenters. The Hall–Kier alpha value is -1.02. The van der Waals surface area contributed by atoms with E-state index in [2.05, 4.69) is 12.6 Å². The van der Waals surface area contributed by atoms with E-state index in [1.54, 1.807) is 0 Å². The third-order valence-corrected chi connectivity index (χ3v) is 1.58. The maximum Gasteiger partial charge on any atom is 0.189 e. The van der Waals surface area contributed by atoms with Crippen LogP contribution in [-0.4, -0.2) is 5.12 Å². The Morgan fingerprint density at radius 2 is 2.00 bits per heavy atom. The van der Waals surface area contributed by atoms with Crippen molar-refractivity contribution in [3.63, 3.8) is 0 Å². The molecule has 2 heteroatoms. The number of benzene rings is 1. The standard InChI is InChI=1S/C10H10OS/c11-10(12)8-4-7-9-5-2-1-3-6-9/h1-7H,8H2,(H,11,12)/b7-4+. The highest BCUT2D eigenvalue weighted by atomic mass is 32.1. The molecule has 62 valence electrons. The molecule has 0 saturated carbocycles. The second-order valence-corrected chi connectivity index (χ2v) is 2.91. The summed E-state index contributed by atoms with van der Waals surface area (Å²) in [7, 11) is 0. The molecule has 1 aromatic carbocycles. The second kappa shape index (κ2) is 4.78. The van der Waals surface area contributed by atoms with Crippen molar-refractivity contribution in [2.45, 2.75) is 6.42 Å². The van der Waals surface area contributed by atoms with E-state index >= 15 is 0 Å². The molecule has 0 radical (unpaired) electrons. The van der Waals surface area contributed by atoms with E-state index in [1.807, 2.05) is 42.5 Å². The molecule has 1 rings (SSSR count). The van der Waals surface area contributed by atoms with E-state index in [0.717, 1.165) is 5.56 Å². The summed E-state index contributed by atoms with van der Waals surface area (Å²) in [4.78, 5) is 10.4. The van der Waals surface area contributed by atoms with Crippen LogP contribution in [0.15, 0.2) is 36.4 Å². The van der Waals surface area contributed by atoms with Crippen LogP contribution >= 0.6 is 12.6 Å². The second-order valence-electron chi connectivity index (χ2n) is 2.41. The summed E-state index contributed by atoms with van der Waals surface area (Å²) >= 11 is 3.65. The number of thiol groups is 1.